The van der Waals surface area contributed by atoms with E-state index in [1.807, 2.05) is 0 Å². The Morgan fingerprint density at radius 2 is 1.95 bits per heavy atom. The van der Waals surface area contributed by atoms with Crippen LogP contribution < -0.4 is 5.32 Å². The normalized spacial score (nSPS) is 21.3. The number of carbonyl (C=O) groups is 2. The highest BCUT2D eigenvalue weighted by Crippen LogP contribution is 2.28. The molecule has 1 fully saturated rings. The quantitative estimate of drug-likeness (QED) is 0.831. The number of rotatable bonds is 4. The fourth-order valence-electron chi connectivity index (χ4n) is 2.68. The summed E-state index contributed by atoms with van der Waals surface area (Å²) < 4.78 is 0. The lowest BCUT2D eigenvalue weighted by molar-refractivity contribution is -0.142. The van der Waals surface area contributed by atoms with Gasteiger partial charge in [-0.15, -0.1) is 0 Å². The second-order valence-corrected chi connectivity index (χ2v) is 5.46. The number of carboxylic acid groups (broad SMARTS) is 1. The van der Waals surface area contributed by atoms with Gasteiger partial charge in [0.1, 0.15) is 6.07 Å². The molecule has 1 saturated carbocycles. The highest BCUT2D eigenvalue weighted by molar-refractivity contribution is 5.95. The van der Waals surface area contributed by atoms with E-state index >= 15 is 0 Å². The summed E-state index contributed by atoms with van der Waals surface area (Å²) in [5.74, 6) is -1.04. The molecular weight excluding hydrogens is 268 g/mol. The summed E-state index contributed by atoms with van der Waals surface area (Å²) in [5, 5.41) is 21.4. The van der Waals surface area contributed by atoms with Crippen LogP contribution in [0.3, 0.4) is 0 Å². The lowest BCUT2D eigenvalue weighted by Gasteiger charge is -2.28. The maximum Gasteiger partial charge on any atom is 0.306 e. The van der Waals surface area contributed by atoms with E-state index in [-0.39, 0.29) is 17.7 Å². The van der Waals surface area contributed by atoms with Gasteiger partial charge in [0, 0.05) is 11.6 Å². The van der Waals surface area contributed by atoms with Crippen molar-refractivity contribution in [3.05, 3.63) is 29.3 Å². The first kappa shape index (κ1) is 15.0. The fourth-order valence-corrected chi connectivity index (χ4v) is 2.68. The van der Waals surface area contributed by atoms with Gasteiger partial charge in [-0.25, -0.2) is 0 Å². The van der Waals surface area contributed by atoms with Crippen molar-refractivity contribution in [2.24, 2.45) is 5.92 Å². The maximum atomic E-state index is 11.4. The molecule has 110 valence electrons. The van der Waals surface area contributed by atoms with Crippen LogP contribution in [-0.4, -0.2) is 22.9 Å². The number of ketones is 1. The van der Waals surface area contributed by atoms with E-state index < -0.39 is 5.97 Å². The predicted molar refractivity (Wildman–Crippen MR) is 78.2 cm³/mol. The van der Waals surface area contributed by atoms with E-state index in [9.17, 15) is 9.59 Å². The number of nitrogens with zero attached hydrogens (tertiary/aromatic N) is 1. The Labute approximate surface area is 123 Å². The first-order valence-corrected chi connectivity index (χ1v) is 7.05. The van der Waals surface area contributed by atoms with Crippen LogP contribution in [0.25, 0.3) is 0 Å². The van der Waals surface area contributed by atoms with Gasteiger partial charge in [0.15, 0.2) is 5.78 Å². The molecule has 5 heteroatoms. The van der Waals surface area contributed by atoms with Crippen LogP contribution in [0.5, 0.6) is 0 Å². The zero-order valence-corrected chi connectivity index (χ0v) is 11.9. The molecule has 0 unspecified atom stereocenters. The lowest BCUT2D eigenvalue weighted by Crippen LogP contribution is -2.29. The molecule has 2 rings (SSSR count). The SMILES string of the molecule is CC(=O)c1ccc(C#N)c(NC2CCC(C(=O)O)CC2)c1. The molecule has 0 spiro atoms. The van der Waals surface area contributed by atoms with Gasteiger partial charge in [-0.1, -0.05) is 0 Å². The first-order valence-electron chi connectivity index (χ1n) is 7.05. The third-order valence-electron chi connectivity index (χ3n) is 3.98. The van der Waals surface area contributed by atoms with Crippen molar-refractivity contribution in [1.29, 1.82) is 5.26 Å². The smallest absolute Gasteiger partial charge is 0.306 e. The number of carbonyl (C=O) groups excluding carboxylic acids is 1. The Morgan fingerprint density at radius 3 is 2.48 bits per heavy atom. The number of hydrogen-bond acceptors (Lipinski definition) is 4. The van der Waals surface area contributed by atoms with Crippen LogP contribution in [0.4, 0.5) is 5.69 Å². The predicted octanol–water partition coefficient (Wildman–Crippen LogP) is 2.82. The summed E-state index contributed by atoms with van der Waals surface area (Å²) in [7, 11) is 0. The van der Waals surface area contributed by atoms with E-state index in [1.165, 1.54) is 6.92 Å². The zero-order valence-electron chi connectivity index (χ0n) is 11.9. The molecular formula is C16H18N2O3. The Kier molecular flexibility index (Phi) is 4.59. The largest absolute Gasteiger partial charge is 0.481 e. The summed E-state index contributed by atoms with van der Waals surface area (Å²) >= 11 is 0. The number of nitrogens with one attached hydrogen (secondary N) is 1. The Hall–Kier alpha value is -2.35. The number of benzene rings is 1. The Bertz CT molecular complexity index is 596. The van der Waals surface area contributed by atoms with Gasteiger partial charge in [-0.3, -0.25) is 9.59 Å². The first-order chi connectivity index (χ1) is 10.0. The second-order valence-electron chi connectivity index (χ2n) is 5.46. The number of Topliss-reactive ketones (excluding diaryl/α,β-unsaturated/α-hetero) is 1. The van der Waals surface area contributed by atoms with E-state index in [2.05, 4.69) is 11.4 Å². The number of anilines is 1. The van der Waals surface area contributed by atoms with Crippen LogP contribution in [0.2, 0.25) is 0 Å². The van der Waals surface area contributed by atoms with Crippen LogP contribution in [0, 0.1) is 17.2 Å². The average Bonchev–Trinajstić information content (AvgIpc) is 2.47. The molecule has 1 aliphatic carbocycles. The Balaban J connectivity index is 2.09. The van der Waals surface area contributed by atoms with Crippen molar-refractivity contribution < 1.29 is 14.7 Å². The van der Waals surface area contributed by atoms with Crippen LogP contribution >= 0.6 is 0 Å². The van der Waals surface area contributed by atoms with Crippen molar-refractivity contribution in [2.75, 3.05) is 5.32 Å². The number of hydrogen-bond donors (Lipinski definition) is 2. The van der Waals surface area contributed by atoms with Crippen molar-refractivity contribution in [2.45, 2.75) is 38.6 Å². The van der Waals surface area contributed by atoms with Crippen LogP contribution in [-0.2, 0) is 4.79 Å². The summed E-state index contributed by atoms with van der Waals surface area (Å²) in [6.45, 7) is 1.49. The van der Waals surface area contributed by atoms with Crippen molar-refractivity contribution in [3.63, 3.8) is 0 Å². The molecule has 0 heterocycles. The van der Waals surface area contributed by atoms with E-state index in [0.29, 0.717) is 29.7 Å². The Morgan fingerprint density at radius 1 is 1.29 bits per heavy atom. The molecule has 2 N–H and O–H groups in total. The third kappa shape index (κ3) is 3.60. The maximum absolute atomic E-state index is 11.4. The molecule has 1 aromatic carbocycles. The molecule has 0 radical (unpaired) electrons. The molecule has 21 heavy (non-hydrogen) atoms. The molecule has 5 nitrogen and oxygen atoms in total. The van der Waals surface area contributed by atoms with E-state index in [0.717, 1.165) is 12.8 Å². The third-order valence-corrected chi connectivity index (χ3v) is 3.98. The number of aliphatic carboxylic acids is 1. The molecule has 0 saturated heterocycles. The van der Waals surface area contributed by atoms with Crippen LogP contribution in [0.1, 0.15) is 48.5 Å². The summed E-state index contributed by atoms with van der Waals surface area (Å²) in [6, 6.07) is 7.24. The fraction of sp³-hybridized carbons (Fsp3) is 0.438. The summed E-state index contributed by atoms with van der Waals surface area (Å²) in [4.78, 5) is 22.4. The van der Waals surface area contributed by atoms with Crippen molar-refractivity contribution >= 4 is 17.4 Å². The van der Waals surface area contributed by atoms with Gasteiger partial charge in [0.05, 0.1) is 17.2 Å². The molecule has 0 aliphatic heterocycles. The molecule has 0 amide bonds. The monoisotopic (exact) mass is 286 g/mol. The molecule has 0 aromatic heterocycles. The zero-order chi connectivity index (χ0) is 15.4. The molecule has 0 atom stereocenters. The van der Waals surface area contributed by atoms with Gasteiger partial charge >= 0.3 is 5.97 Å². The second kappa shape index (κ2) is 6.40. The highest BCUT2D eigenvalue weighted by atomic mass is 16.4. The topological polar surface area (TPSA) is 90.2 Å². The van der Waals surface area contributed by atoms with Crippen molar-refractivity contribution in [1.82, 2.24) is 0 Å². The number of carboxylic acids is 1. The average molecular weight is 286 g/mol. The van der Waals surface area contributed by atoms with Gasteiger partial charge in [0.2, 0.25) is 0 Å². The van der Waals surface area contributed by atoms with Gasteiger partial charge in [-0.2, -0.15) is 5.26 Å². The van der Waals surface area contributed by atoms with E-state index in [4.69, 9.17) is 10.4 Å². The number of nitriles is 1. The minimum atomic E-state index is -0.732. The molecule has 0 bridgehead atoms. The minimum absolute atomic E-state index is 0.0443. The standard InChI is InChI=1S/C16H18N2O3/c1-10(19)12-2-3-13(9-17)15(8-12)18-14-6-4-11(5-7-14)16(20)21/h2-3,8,11,14,18H,4-7H2,1H3,(H,20,21). The minimum Gasteiger partial charge on any atom is -0.481 e. The van der Waals surface area contributed by atoms with E-state index in [1.54, 1.807) is 18.2 Å². The van der Waals surface area contributed by atoms with Crippen molar-refractivity contribution in [3.8, 4) is 6.07 Å². The van der Waals surface area contributed by atoms with Gasteiger partial charge in [0.25, 0.3) is 0 Å². The molecule has 1 aromatic rings. The summed E-state index contributed by atoms with van der Waals surface area (Å²) in [6.07, 6.45) is 2.79. The van der Waals surface area contributed by atoms with Gasteiger partial charge < -0.3 is 10.4 Å². The highest BCUT2D eigenvalue weighted by Gasteiger charge is 2.26. The van der Waals surface area contributed by atoms with Gasteiger partial charge in [-0.05, 0) is 50.8 Å². The van der Waals surface area contributed by atoms with Crippen LogP contribution in [0.15, 0.2) is 18.2 Å². The molecule has 1 aliphatic rings. The lowest BCUT2D eigenvalue weighted by atomic mass is 9.86. The summed E-state index contributed by atoms with van der Waals surface area (Å²) in [5.41, 5.74) is 1.72.